The third-order valence-corrected chi connectivity index (χ3v) is 5.28. The molecule has 0 heterocycles. The average Bonchev–Trinajstić information content (AvgIpc) is 2.39. The molecule has 0 unspecified atom stereocenters. The maximum Gasteiger partial charge on any atom is 0.240 e. The third kappa shape index (κ3) is 4.02. The van der Waals surface area contributed by atoms with Crippen LogP contribution in [0, 0.1) is 12.7 Å². The molecular formula is C15H23FN2O2S. The monoisotopic (exact) mass is 314 g/mol. The van der Waals surface area contributed by atoms with Crippen molar-refractivity contribution in [3.63, 3.8) is 0 Å². The van der Waals surface area contributed by atoms with E-state index in [-0.39, 0.29) is 16.8 Å². The van der Waals surface area contributed by atoms with E-state index in [4.69, 9.17) is 0 Å². The van der Waals surface area contributed by atoms with Gasteiger partial charge in [-0.25, -0.2) is 17.5 Å². The molecule has 0 aromatic heterocycles. The first-order valence-corrected chi connectivity index (χ1v) is 8.94. The summed E-state index contributed by atoms with van der Waals surface area (Å²) < 4.78 is 41.4. The summed E-state index contributed by atoms with van der Waals surface area (Å²) >= 11 is 0. The van der Waals surface area contributed by atoms with E-state index in [1.54, 1.807) is 6.92 Å². The van der Waals surface area contributed by atoms with Gasteiger partial charge in [-0.2, -0.15) is 0 Å². The van der Waals surface area contributed by atoms with Crippen LogP contribution in [0.25, 0.3) is 0 Å². The number of hydrogen-bond donors (Lipinski definition) is 2. The number of nitrogens with one attached hydrogen (secondary N) is 2. The minimum absolute atomic E-state index is 0.0297. The fourth-order valence-electron chi connectivity index (χ4n) is 2.30. The molecule has 0 amide bonds. The molecule has 0 radical (unpaired) electrons. The van der Waals surface area contributed by atoms with E-state index >= 15 is 0 Å². The van der Waals surface area contributed by atoms with Crippen molar-refractivity contribution in [2.45, 2.75) is 57.0 Å². The van der Waals surface area contributed by atoms with E-state index in [0.29, 0.717) is 17.7 Å². The third-order valence-electron chi connectivity index (χ3n) is 3.78. The van der Waals surface area contributed by atoms with Gasteiger partial charge in [-0.05, 0) is 50.4 Å². The van der Waals surface area contributed by atoms with Crippen molar-refractivity contribution in [3.05, 3.63) is 29.1 Å². The largest absolute Gasteiger partial charge is 0.313 e. The van der Waals surface area contributed by atoms with Gasteiger partial charge in [0.05, 0.1) is 4.90 Å². The molecule has 1 saturated carbocycles. The van der Waals surface area contributed by atoms with Crippen LogP contribution in [0.1, 0.15) is 43.7 Å². The number of hydrogen-bond acceptors (Lipinski definition) is 3. The number of rotatable bonds is 7. The zero-order valence-corrected chi connectivity index (χ0v) is 13.4. The van der Waals surface area contributed by atoms with Crippen molar-refractivity contribution in [3.8, 4) is 0 Å². The normalized spacial score (nSPS) is 16.0. The highest BCUT2D eigenvalue weighted by Gasteiger charge is 2.25. The van der Waals surface area contributed by atoms with Crippen LogP contribution in [0.3, 0.4) is 0 Å². The summed E-state index contributed by atoms with van der Waals surface area (Å²) in [4.78, 5) is 0.154. The molecule has 1 aliphatic carbocycles. The van der Waals surface area contributed by atoms with Crippen LogP contribution in [0.15, 0.2) is 17.0 Å². The van der Waals surface area contributed by atoms with Gasteiger partial charge < -0.3 is 5.32 Å². The lowest BCUT2D eigenvalue weighted by atomic mass is 9.94. The summed E-state index contributed by atoms with van der Waals surface area (Å²) in [5, 5.41) is 3.11. The van der Waals surface area contributed by atoms with Gasteiger partial charge in [0.25, 0.3) is 0 Å². The van der Waals surface area contributed by atoms with E-state index in [1.807, 2.05) is 6.92 Å². The van der Waals surface area contributed by atoms with Crippen LogP contribution in [0.4, 0.5) is 4.39 Å². The van der Waals surface area contributed by atoms with Crippen LogP contribution in [0.5, 0.6) is 0 Å². The van der Waals surface area contributed by atoms with Gasteiger partial charge in [0.15, 0.2) is 0 Å². The lowest BCUT2D eigenvalue weighted by molar-refractivity contribution is 0.383. The van der Waals surface area contributed by atoms with Crippen molar-refractivity contribution in [1.29, 1.82) is 0 Å². The summed E-state index contributed by atoms with van der Waals surface area (Å²) in [5.41, 5.74) is 0.761. The Morgan fingerprint density at radius 2 is 2.05 bits per heavy atom. The molecule has 2 rings (SSSR count). The van der Waals surface area contributed by atoms with Crippen LogP contribution in [-0.2, 0) is 16.6 Å². The molecule has 6 heteroatoms. The Kier molecular flexibility index (Phi) is 5.35. The summed E-state index contributed by atoms with van der Waals surface area (Å²) in [6.45, 7) is 4.74. The van der Waals surface area contributed by atoms with Crippen LogP contribution in [0.2, 0.25) is 0 Å². The molecular weight excluding hydrogens is 291 g/mol. The molecule has 0 bridgehead atoms. The predicted octanol–water partition coefficient (Wildman–Crippen LogP) is 2.46. The molecule has 118 valence electrons. The maximum atomic E-state index is 14.1. The summed E-state index contributed by atoms with van der Waals surface area (Å²) in [6, 6.07) is 2.87. The second-order valence-corrected chi connectivity index (χ2v) is 7.35. The Bertz CT molecular complexity index is 598. The highest BCUT2D eigenvalue weighted by atomic mass is 32.2. The first kappa shape index (κ1) is 16.4. The number of benzene rings is 1. The SMILES string of the molecule is CCCNCc1cc(S(=O)(=O)NC2CCC2)cc(C)c1F. The molecule has 1 fully saturated rings. The number of sulfonamides is 1. The summed E-state index contributed by atoms with van der Waals surface area (Å²) in [7, 11) is -3.56. The first-order chi connectivity index (χ1) is 9.94. The van der Waals surface area contributed by atoms with Crippen molar-refractivity contribution in [2.75, 3.05) is 6.54 Å². The second kappa shape index (κ2) is 6.85. The van der Waals surface area contributed by atoms with E-state index in [0.717, 1.165) is 32.2 Å². The maximum absolute atomic E-state index is 14.1. The smallest absolute Gasteiger partial charge is 0.240 e. The van der Waals surface area contributed by atoms with E-state index in [2.05, 4.69) is 10.0 Å². The van der Waals surface area contributed by atoms with Gasteiger partial charge in [0.2, 0.25) is 10.0 Å². The zero-order valence-electron chi connectivity index (χ0n) is 12.6. The molecule has 21 heavy (non-hydrogen) atoms. The van der Waals surface area contributed by atoms with Crippen molar-refractivity contribution in [1.82, 2.24) is 10.0 Å². The minimum atomic E-state index is -3.56. The molecule has 1 aliphatic rings. The van der Waals surface area contributed by atoms with Crippen molar-refractivity contribution >= 4 is 10.0 Å². The van der Waals surface area contributed by atoms with Crippen LogP contribution < -0.4 is 10.0 Å². The van der Waals surface area contributed by atoms with E-state index in [1.165, 1.54) is 12.1 Å². The van der Waals surface area contributed by atoms with Crippen LogP contribution in [-0.4, -0.2) is 21.0 Å². The van der Waals surface area contributed by atoms with Crippen LogP contribution >= 0.6 is 0 Å². The highest BCUT2D eigenvalue weighted by Crippen LogP contribution is 2.23. The average molecular weight is 314 g/mol. The number of aryl methyl sites for hydroxylation is 1. The lowest BCUT2D eigenvalue weighted by Gasteiger charge is -2.26. The van der Waals surface area contributed by atoms with Gasteiger partial charge in [-0.1, -0.05) is 13.3 Å². The standard InChI is InChI=1S/C15H23FN2O2S/c1-3-7-17-10-12-9-14(8-11(2)15(12)16)21(19,20)18-13-5-4-6-13/h8-9,13,17-18H,3-7,10H2,1-2H3. The Morgan fingerprint density at radius 1 is 1.33 bits per heavy atom. The molecule has 0 spiro atoms. The molecule has 4 nitrogen and oxygen atoms in total. The summed E-state index contributed by atoms with van der Waals surface area (Å²) in [6.07, 6.45) is 3.76. The first-order valence-electron chi connectivity index (χ1n) is 7.46. The predicted molar refractivity (Wildman–Crippen MR) is 81.1 cm³/mol. The minimum Gasteiger partial charge on any atom is -0.313 e. The van der Waals surface area contributed by atoms with Gasteiger partial charge in [0.1, 0.15) is 5.82 Å². The molecule has 0 saturated heterocycles. The highest BCUT2D eigenvalue weighted by molar-refractivity contribution is 7.89. The van der Waals surface area contributed by atoms with Gasteiger partial charge in [-0.15, -0.1) is 0 Å². The van der Waals surface area contributed by atoms with Gasteiger partial charge >= 0.3 is 0 Å². The topological polar surface area (TPSA) is 58.2 Å². The Balaban J connectivity index is 2.22. The molecule has 1 aromatic rings. The molecule has 1 aromatic carbocycles. The molecule has 0 aliphatic heterocycles. The summed E-state index contributed by atoms with van der Waals surface area (Å²) in [5.74, 6) is -0.332. The Morgan fingerprint density at radius 3 is 2.62 bits per heavy atom. The lowest BCUT2D eigenvalue weighted by Crippen LogP contribution is -2.39. The zero-order chi connectivity index (χ0) is 15.5. The Hall–Kier alpha value is -0.980. The number of halogens is 1. The Labute approximate surface area is 126 Å². The molecule has 2 N–H and O–H groups in total. The second-order valence-electron chi connectivity index (χ2n) is 5.64. The van der Waals surface area contributed by atoms with E-state index in [9.17, 15) is 12.8 Å². The fourth-order valence-corrected chi connectivity index (χ4v) is 3.74. The van der Waals surface area contributed by atoms with Crippen molar-refractivity contribution in [2.24, 2.45) is 0 Å². The van der Waals surface area contributed by atoms with E-state index < -0.39 is 10.0 Å². The van der Waals surface area contributed by atoms with Gasteiger partial charge in [0, 0.05) is 18.2 Å². The fraction of sp³-hybridized carbons (Fsp3) is 0.600. The molecule has 0 atom stereocenters. The van der Waals surface area contributed by atoms with Gasteiger partial charge in [-0.3, -0.25) is 0 Å². The quantitative estimate of drug-likeness (QED) is 0.760. The van der Waals surface area contributed by atoms with Crippen molar-refractivity contribution < 1.29 is 12.8 Å².